The molecule has 226 valence electrons. The SMILES string of the molecule is N#Cc1ccc(C(=O)CC2=NC(Cc3ccncc3)(Cc3ccsc3)C(=O)N2C2C3CN(S(=O)(=O)c4ccccc4)CC32)cc1. The maximum atomic E-state index is 14.7. The number of hydrogen-bond acceptors (Lipinski definition) is 8. The first kappa shape index (κ1) is 29.2. The number of aliphatic imine (C=N–C) groups is 1. The van der Waals surface area contributed by atoms with Crippen LogP contribution >= 0.6 is 11.3 Å². The number of Topliss-reactive ketones (excluding diaryl/α,β-unsaturated/α-hetero) is 1. The van der Waals surface area contributed by atoms with E-state index in [1.54, 1.807) is 83.2 Å². The van der Waals surface area contributed by atoms with Gasteiger partial charge >= 0.3 is 0 Å². The molecule has 1 saturated carbocycles. The Morgan fingerprint density at radius 2 is 1.64 bits per heavy atom. The Morgan fingerprint density at radius 3 is 2.29 bits per heavy atom. The second-order valence-electron chi connectivity index (χ2n) is 11.8. The molecule has 3 aliphatic rings. The summed E-state index contributed by atoms with van der Waals surface area (Å²) in [6, 6.07) is 22.4. The van der Waals surface area contributed by atoms with Gasteiger partial charge in [-0.1, -0.05) is 30.3 Å². The summed E-state index contributed by atoms with van der Waals surface area (Å²) in [5.74, 6) is -0.0630. The summed E-state index contributed by atoms with van der Waals surface area (Å²) in [4.78, 5) is 39.5. The summed E-state index contributed by atoms with van der Waals surface area (Å²) in [6.45, 7) is 0.601. The topological polar surface area (TPSA) is 124 Å². The number of nitriles is 1. The number of benzene rings is 2. The predicted molar refractivity (Wildman–Crippen MR) is 169 cm³/mol. The Hall–Kier alpha value is -4.50. The molecule has 7 rings (SSSR count). The van der Waals surface area contributed by atoms with Crippen LogP contribution in [0.5, 0.6) is 0 Å². The molecule has 9 nitrogen and oxygen atoms in total. The van der Waals surface area contributed by atoms with Gasteiger partial charge in [-0.05, 0) is 64.4 Å². The number of carbonyl (C=O) groups is 2. The lowest BCUT2D eigenvalue weighted by Gasteiger charge is -2.29. The lowest BCUT2D eigenvalue weighted by atomic mass is 9.85. The van der Waals surface area contributed by atoms with Crippen LogP contribution in [0, 0.1) is 23.2 Å². The van der Waals surface area contributed by atoms with Crippen molar-refractivity contribution >= 4 is 38.9 Å². The quantitative estimate of drug-likeness (QED) is 0.239. The van der Waals surface area contributed by atoms with Gasteiger partial charge in [-0.25, -0.2) is 8.42 Å². The highest BCUT2D eigenvalue weighted by Crippen LogP contribution is 2.52. The third kappa shape index (κ3) is 5.39. The minimum absolute atomic E-state index is 0.0551. The average molecular weight is 636 g/mol. The maximum Gasteiger partial charge on any atom is 0.256 e. The molecule has 0 radical (unpaired) electrons. The van der Waals surface area contributed by atoms with E-state index in [0.29, 0.717) is 42.9 Å². The van der Waals surface area contributed by atoms with Crippen molar-refractivity contribution < 1.29 is 18.0 Å². The highest BCUT2D eigenvalue weighted by atomic mass is 32.2. The first-order chi connectivity index (χ1) is 21.8. The standard InChI is InChI=1S/C34H29N5O4S2/c35-19-24-6-8-26(9-7-24)30(40)16-31-37-34(18-25-12-15-44-22-25,17-23-10-13-36-14-11-23)33(41)39(31)32-28-20-38(21-29(28)32)45(42,43)27-4-2-1-3-5-27/h1-15,22,28-29,32H,16-18,20-21H2. The van der Waals surface area contributed by atoms with Crippen molar-refractivity contribution in [2.75, 3.05) is 13.1 Å². The van der Waals surface area contributed by atoms with Crippen molar-refractivity contribution in [3.05, 3.63) is 118 Å². The summed E-state index contributed by atoms with van der Waals surface area (Å²) in [6.07, 6.45) is 4.01. The first-order valence-corrected chi connectivity index (χ1v) is 17.1. The van der Waals surface area contributed by atoms with Gasteiger partial charge < -0.3 is 0 Å². The fraction of sp³-hybridized carbons (Fsp3) is 0.265. The van der Waals surface area contributed by atoms with E-state index >= 15 is 0 Å². The van der Waals surface area contributed by atoms with Gasteiger partial charge in [-0.15, -0.1) is 0 Å². The number of amides is 1. The molecule has 1 saturated heterocycles. The first-order valence-electron chi connectivity index (χ1n) is 14.7. The maximum absolute atomic E-state index is 14.7. The predicted octanol–water partition coefficient (Wildman–Crippen LogP) is 4.37. The van der Waals surface area contributed by atoms with Gasteiger partial charge in [-0.2, -0.15) is 20.9 Å². The van der Waals surface area contributed by atoms with Crippen LogP contribution in [0.15, 0.2) is 106 Å². The van der Waals surface area contributed by atoms with Crippen LogP contribution in [-0.2, 0) is 27.7 Å². The number of carbonyl (C=O) groups excluding carboxylic acids is 2. The highest BCUT2D eigenvalue weighted by molar-refractivity contribution is 7.89. The summed E-state index contributed by atoms with van der Waals surface area (Å²) in [7, 11) is -3.66. The minimum atomic E-state index is -3.66. The van der Waals surface area contributed by atoms with Crippen LogP contribution in [0.25, 0.3) is 0 Å². The van der Waals surface area contributed by atoms with Crippen LogP contribution in [0.3, 0.4) is 0 Å². The van der Waals surface area contributed by atoms with E-state index in [1.165, 1.54) is 4.31 Å². The van der Waals surface area contributed by atoms with Crippen molar-refractivity contribution in [3.63, 3.8) is 0 Å². The molecule has 4 heterocycles. The number of ketones is 1. The molecule has 1 aliphatic carbocycles. The van der Waals surface area contributed by atoms with Gasteiger partial charge in [0.25, 0.3) is 5.91 Å². The van der Waals surface area contributed by atoms with Gasteiger partial charge in [0.1, 0.15) is 11.4 Å². The van der Waals surface area contributed by atoms with E-state index in [0.717, 1.165) is 11.1 Å². The van der Waals surface area contributed by atoms with Crippen molar-refractivity contribution in [3.8, 4) is 6.07 Å². The molecule has 0 bridgehead atoms. The summed E-state index contributed by atoms with van der Waals surface area (Å²) < 4.78 is 28.2. The molecule has 0 spiro atoms. The molecule has 45 heavy (non-hydrogen) atoms. The number of aromatic nitrogens is 1. The Morgan fingerprint density at radius 1 is 0.956 bits per heavy atom. The number of sulfonamides is 1. The van der Waals surface area contributed by atoms with Crippen molar-refractivity contribution in [1.29, 1.82) is 5.26 Å². The van der Waals surface area contributed by atoms with Gasteiger partial charge in [0.2, 0.25) is 10.0 Å². The number of pyridine rings is 1. The molecule has 2 fully saturated rings. The van der Waals surface area contributed by atoms with E-state index in [-0.39, 0.29) is 40.9 Å². The molecule has 0 N–H and O–H groups in total. The number of hydrogen-bond donors (Lipinski definition) is 0. The number of amidine groups is 1. The molecule has 3 atom stereocenters. The molecular formula is C34H29N5O4S2. The zero-order chi connectivity index (χ0) is 31.2. The second-order valence-corrected chi connectivity index (χ2v) is 14.5. The van der Waals surface area contributed by atoms with E-state index in [2.05, 4.69) is 11.1 Å². The largest absolute Gasteiger partial charge is 0.294 e. The Kier molecular flexibility index (Phi) is 7.44. The van der Waals surface area contributed by atoms with Crippen LogP contribution in [0.1, 0.15) is 33.5 Å². The van der Waals surface area contributed by atoms with Crippen LogP contribution in [0.4, 0.5) is 0 Å². The van der Waals surface area contributed by atoms with Crippen molar-refractivity contribution in [2.45, 2.75) is 35.7 Å². The van der Waals surface area contributed by atoms with Crippen LogP contribution in [0.2, 0.25) is 0 Å². The minimum Gasteiger partial charge on any atom is -0.294 e. The summed E-state index contributed by atoms with van der Waals surface area (Å²) >= 11 is 1.55. The lowest BCUT2D eigenvalue weighted by Crippen LogP contribution is -2.48. The summed E-state index contributed by atoms with van der Waals surface area (Å²) in [5, 5.41) is 13.2. The lowest BCUT2D eigenvalue weighted by molar-refractivity contribution is -0.132. The third-order valence-electron chi connectivity index (χ3n) is 9.01. The molecule has 2 aromatic carbocycles. The van der Waals surface area contributed by atoms with Gasteiger partial charge in [0.15, 0.2) is 5.78 Å². The fourth-order valence-electron chi connectivity index (χ4n) is 6.74. The normalized spacial score (nSPS) is 24.2. The molecule has 3 unspecified atom stereocenters. The zero-order valence-electron chi connectivity index (χ0n) is 24.2. The molecule has 1 amide bonds. The van der Waals surface area contributed by atoms with Gasteiger partial charge in [0.05, 0.1) is 22.9 Å². The van der Waals surface area contributed by atoms with E-state index in [4.69, 9.17) is 4.99 Å². The Bertz CT molecular complexity index is 1910. The number of nitrogens with zero attached hydrogens (tertiary/aromatic N) is 5. The average Bonchev–Trinajstić information content (AvgIpc) is 3.44. The van der Waals surface area contributed by atoms with Gasteiger partial charge in [0, 0.05) is 61.8 Å². The molecule has 2 aliphatic heterocycles. The van der Waals surface area contributed by atoms with E-state index < -0.39 is 15.6 Å². The monoisotopic (exact) mass is 635 g/mol. The summed E-state index contributed by atoms with van der Waals surface area (Å²) in [5.41, 5.74) is 1.63. The number of piperidine rings is 1. The Labute approximate surface area is 265 Å². The molecule has 2 aromatic heterocycles. The Balaban J connectivity index is 1.21. The van der Waals surface area contributed by atoms with Gasteiger partial charge in [-0.3, -0.25) is 24.5 Å². The van der Waals surface area contributed by atoms with Crippen LogP contribution in [-0.4, -0.2) is 64.8 Å². The second kappa shape index (κ2) is 11.5. The smallest absolute Gasteiger partial charge is 0.256 e. The number of rotatable bonds is 10. The number of thiophene rings is 1. The van der Waals surface area contributed by atoms with Crippen molar-refractivity contribution in [2.24, 2.45) is 16.8 Å². The van der Waals surface area contributed by atoms with Crippen molar-refractivity contribution in [1.82, 2.24) is 14.2 Å². The number of fused-ring (bicyclic) bond motifs is 1. The zero-order valence-corrected chi connectivity index (χ0v) is 25.8. The highest BCUT2D eigenvalue weighted by Gasteiger charge is 2.65. The fourth-order valence-corrected chi connectivity index (χ4v) is 8.94. The molecule has 11 heteroatoms. The van der Waals surface area contributed by atoms with Crippen LogP contribution < -0.4 is 0 Å². The van der Waals surface area contributed by atoms with E-state index in [1.807, 2.05) is 29.0 Å². The molecule has 4 aromatic rings. The van der Waals surface area contributed by atoms with E-state index in [9.17, 15) is 23.3 Å². The molecular weight excluding hydrogens is 607 g/mol. The third-order valence-corrected chi connectivity index (χ3v) is 11.6.